The minimum absolute atomic E-state index is 0.225. The zero-order valence-electron chi connectivity index (χ0n) is 11.7. The molecule has 0 aromatic rings. The molecule has 0 spiro atoms. The van der Waals surface area contributed by atoms with E-state index in [4.69, 9.17) is 11.2 Å². The number of nitrogens with one attached hydrogen (secondary N) is 1. The van der Waals surface area contributed by atoms with Crippen LogP contribution in [-0.4, -0.2) is 42.3 Å². The third kappa shape index (κ3) is 5.42. The molecule has 0 unspecified atom stereocenters. The zero-order chi connectivity index (χ0) is 13.6. The minimum atomic E-state index is -0.439. The van der Waals surface area contributed by atoms with E-state index in [2.05, 4.69) is 11.2 Å². The second-order valence-electron chi connectivity index (χ2n) is 5.70. The van der Waals surface area contributed by atoms with Crippen molar-refractivity contribution in [3.8, 4) is 12.3 Å². The summed E-state index contributed by atoms with van der Waals surface area (Å²) in [5.74, 6) is 2.57. The molecule has 18 heavy (non-hydrogen) atoms. The molecule has 0 radical (unpaired) electrons. The second kappa shape index (κ2) is 6.65. The van der Waals surface area contributed by atoms with E-state index < -0.39 is 5.60 Å². The van der Waals surface area contributed by atoms with Crippen LogP contribution in [0.4, 0.5) is 4.79 Å². The maximum absolute atomic E-state index is 12.0. The molecule has 1 aliphatic rings. The maximum atomic E-state index is 12.0. The molecule has 0 aliphatic carbocycles. The fourth-order valence-electron chi connectivity index (χ4n) is 2.00. The molecule has 1 rings (SSSR count). The summed E-state index contributed by atoms with van der Waals surface area (Å²) in [6, 6.07) is 0.274. The van der Waals surface area contributed by atoms with Crippen molar-refractivity contribution in [3.05, 3.63) is 0 Å². The van der Waals surface area contributed by atoms with Crippen molar-refractivity contribution >= 4 is 6.09 Å². The first-order valence-electron chi connectivity index (χ1n) is 6.57. The van der Waals surface area contributed by atoms with E-state index in [0.717, 1.165) is 25.8 Å². The molecular formula is C14H24N2O2. The van der Waals surface area contributed by atoms with Crippen LogP contribution >= 0.6 is 0 Å². The third-order valence-corrected chi connectivity index (χ3v) is 2.82. The van der Waals surface area contributed by atoms with Gasteiger partial charge in [-0.05, 0) is 33.6 Å². The van der Waals surface area contributed by atoms with Crippen LogP contribution in [0.3, 0.4) is 0 Å². The Morgan fingerprint density at radius 3 is 2.83 bits per heavy atom. The zero-order valence-corrected chi connectivity index (χ0v) is 11.7. The Kier molecular flexibility index (Phi) is 5.49. The highest BCUT2D eigenvalue weighted by Crippen LogP contribution is 2.15. The van der Waals surface area contributed by atoms with Gasteiger partial charge in [0.15, 0.2) is 0 Å². The summed E-state index contributed by atoms with van der Waals surface area (Å²) < 4.78 is 5.40. The van der Waals surface area contributed by atoms with E-state index >= 15 is 0 Å². The average molecular weight is 252 g/mol. The number of carbonyl (C=O) groups is 1. The summed E-state index contributed by atoms with van der Waals surface area (Å²) in [5, 5.41) is 3.27. The van der Waals surface area contributed by atoms with E-state index in [-0.39, 0.29) is 12.1 Å². The highest BCUT2D eigenvalue weighted by molar-refractivity contribution is 5.68. The van der Waals surface area contributed by atoms with E-state index in [1.54, 1.807) is 4.90 Å². The van der Waals surface area contributed by atoms with E-state index in [1.807, 2.05) is 20.8 Å². The molecule has 4 nitrogen and oxygen atoms in total. The number of rotatable bonds is 2. The lowest BCUT2D eigenvalue weighted by atomic mass is 10.1. The SMILES string of the molecule is C#CCN[C@@H]1CCCCN(C(=O)OC(C)(C)C)C1. The standard InChI is InChI=1S/C14H24N2O2/c1-5-9-15-12-8-6-7-10-16(11-12)13(17)18-14(2,3)4/h1,12,15H,6-11H2,2-4H3/t12-/m1/s1. The smallest absolute Gasteiger partial charge is 0.410 e. The molecule has 1 aliphatic heterocycles. The van der Waals surface area contributed by atoms with Gasteiger partial charge in [-0.2, -0.15) is 0 Å². The van der Waals surface area contributed by atoms with Crippen LogP contribution in [0, 0.1) is 12.3 Å². The Morgan fingerprint density at radius 1 is 1.50 bits per heavy atom. The van der Waals surface area contributed by atoms with Gasteiger partial charge in [0.05, 0.1) is 6.54 Å². The van der Waals surface area contributed by atoms with E-state index in [1.165, 1.54) is 0 Å². The Labute approximate surface area is 110 Å². The van der Waals surface area contributed by atoms with Crippen molar-refractivity contribution in [2.24, 2.45) is 0 Å². The average Bonchev–Trinajstić information content (AvgIpc) is 2.49. The predicted octanol–water partition coefficient (Wildman–Crippen LogP) is 2.00. The number of carbonyl (C=O) groups excluding carboxylic acids is 1. The van der Waals surface area contributed by atoms with Crippen LogP contribution in [-0.2, 0) is 4.74 Å². The monoisotopic (exact) mass is 252 g/mol. The Morgan fingerprint density at radius 2 is 2.22 bits per heavy atom. The molecule has 0 bridgehead atoms. The topological polar surface area (TPSA) is 41.6 Å². The lowest BCUT2D eigenvalue weighted by Gasteiger charge is -2.28. The van der Waals surface area contributed by atoms with Crippen molar-refractivity contribution in [2.45, 2.75) is 51.7 Å². The van der Waals surface area contributed by atoms with Crippen LogP contribution in [0.2, 0.25) is 0 Å². The van der Waals surface area contributed by atoms with E-state index in [9.17, 15) is 4.79 Å². The van der Waals surface area contributed by atoms with Crippen LogP contribution in [0.25, 0.3) is 0 Å². The van der Waals surface area contributed by atoms with Gasteiger partial charge in [-0.15, -0.1) is 6.42 Å². The normalized spacial score (nSPS) is 21.0. The van der Waals surface area contributed by atoms with Gasteiger partial charge < -0.3 is 15.0 Å². The van der Waals surface area contributed by atoms with E-state index in [0.29, 0.717) is 13.1 Å². The highest BCUT2D eigenvalue weighted by Gasteiger charge is 2.25. The van der Waals surface area contributed by atoms with Gasteiger partial charge >= 0.3 is 6.09 Å². The first kappa shape index (κ1) is 14.8. The predicted molar refractivity (Wildman–Crippen MR) is 72.3 cm³/mol. The number of ether oxygens (including phenoxy) is 1. The third-order valence-electron chi connectivity index (χ3n) is 2.82. The summed E-state index contributed by atoms with van der Waals surface area (Å²) in [6.07, 6.45) is 8.21. The number of amides is 1. The molecule has 0 aromatic carbocycles. The molecule has 1 saturated heterocycles. The number of terminal acetylenes is 1. The van der Waals surface area contributed by atoms with Crippen LogP contribution < -0.4 is 5.32 Å². The van der Waals surface area contributed by atoms with Gasteiger partial charge in [-0.1, -0.05) is 12.3 Å². The van der Waals surface area contributed by atoms with Crippen molar-refractivity contribution < 1.29 is 9.53 Å². The summed E-state index contributed by atoms with van der Waals surface area (Å²) in [4.78, 5) is 13.8. The molecule has 0 aromatic heterocycles. The van der Waals surface area contributed by atoms with Gasteiger partial charge in [0, 0.05) is 19.1 Å². The molecule has 1 heterocycles. The van der Waals surface area contributed by atoms with Gasteiger partial charge in [-0.3, -0.25) is 0 Å². The van der Waals surface area contributed by atoms with Gasteiger partial charge in [0.1, 0.15) is 5.60 Å². The van der Waals surface area contributed by atoms with Crippen LogP contribution in [0.15, 0.2) is 0 Å². The minimum Gasteiger partial charge on any atom is -0.444 e. The molecule has 102 valence electrons. The van der Waals surface area contributed by atoms with Crippen LogP contribution in [0.1, 0.15) is 40.0 Å². The first-order valence-corrected chi connectivity index (χ1v) is 6.57. The number of nitrogens with zero attached hydrogens (tertiary/aromatic N) is 1. The Hall–Kier alpha value is -1.21. The Balaban J connectivity index is 2.53. The molecule has 1 N–H and O–H groups in total. The highest BCUT2D eigenvalue weighted by atomic mass is 16.6. The summed E-state index contributed by atoms with van der Waals surface area (Å²) in [5.41, 5.74) is -0.439. The van der Waals surface area contributed by atoms with Gasteiger partial charge in [-0.25, -0.2) is 4.79 Å². The fraction of sp³-hybridized carbons (Fsp3) is 0.786. The molecule has 1 amide bonds. The molecule has 4 heteroatoms. The molecule has 0 saturated carbocycles. The number of likely N-dealkylation sites (tertiary alicyclic amines) is 1. The van der Waals surface area contributed by atoms with Crippen molar-refractivity contribution in [1.82, 2.24) is 10.2 Å². The number of hydrogen-bond acceptors (Lipinski definition) is 3. The second-order valence-corrected chi connectivity index (χ2v) is 5.70. The first-order chi connectivity index (χ1) is 8.42. The van der Waals surface area contributed by atoms with Gasteiger partial charge in [0.25, 0.3) is 0 Å². The lowest BCUT2D eigenvalue weighted by molar-refractivity contribution is 0.0244. The number of hydrogen-bond donors (Lipinski definition) is 1. The van der Waals surface area contributed by atoms with Crippen LogP contribution in [0.5, 0.6) is 0 Å². The summed E-state index contributed by atoms with van der Waals surface area (Å²) >= 11 is 0. The quantitative estimate of drug-likeness (QED) is 0.764. The Bertz CT molecular complexity index is 315. The molecular weight excluding hydrogens is 228 g/mol. The largest absolute Gasteiger partial charge is 0.444 e. The summed E-state index contributed by atoms with van der Waals surface area (Å²) in [6.45, 7) is 7.65. The molecule has 1 fully saturated rings. The van der Waals surface area contributed by atoms with Gasteiger partial charge in [0.2, 0.25) is 0 Å². The molecule has 1 atom stereocenters. The van der Waals surface area contributed by atoms with Crippen molar-refractivity contribution in [3.63, 3.8) is 0 Å². The summed E-state index contributed by atoms with van der Waals surface area (Å²) in [7, 11) is 0. The van der Waals surface area contributed by atoms with Crippen molar-refractivity contribution in [2.75, 3.05) is 19.6 Å². The fourth-order valence-corrected chi connectivity index (χ4v) is 2.00. The van der Waals surface area contributed by atoms with Crippen molar-refractivity contribution in [1.29, 1.82) is 0 Å². The maximum Gasteiger partial charge on any atom is 0.410 e. The lowest BCUT2D eigenvalue weighted by Crippen LogP contribution is -2.44.